The Kier molecular flexibility index (Phi) is 2.72. The molecule has 0 aromatic carbocycles. The van der Waals surface area contributed by atoms with Gasteiger partial charge in [-0.1, -0.05) is 0 Å². The van der Waals surface area contributed by atoms with E-state index in [1.54, 1.807) is 0 Å². The van der Waals surface area contributed by atoms with Crippen LogP contribution in [0, 0.1) is 0 Å². The van der Waals surface area contributed by atoms with E-state index in [9.17, 15) is 0 Å². The highest BCUT2D eigenvalue weighted by molar-refractivity contribution is 5.37. The summed E-state index contributed by atoms with van der Waals surface area (Å²) in [7, 11) is 0. The lowest BCUT2D eigenvalue weighted by molar-refractivity contribution is 0.193. The van der Waals surface area contributed by atoms with Crippen molar-refractivity contribution in [1.82, 2.24) is 10.2 Å². The van der Waals surface area contributed by atoms with Gasteiger partial charge in [0.1, 0.15) is 5.82 Å². The first-order valence-electron chi connectivity index (χ1n) is 5.15. The van der Waals surface area contributed by atoms with E-state index >= 15 is 0 Å². The van der Waals surface area contributed by atoms with Gasteiger partial charge < -0.3 is 10.1 Å². The molecule has 1 aromatic rings. The first kappa shape index (κ1) is 9.52. The van der Waals surface area contributed by atoms with Crippen molar-refractivity contribution < 1.29 is 4.74 Å². The second kappa shape index (κ2) is 4.00. The van der Waals surface area contributed by atoms with E-state index in [1.807, 2.05) is 0 Å². The normalized spacial score (nSPS) is 21.8. The van der Waals surface area contributed by atoms with Gasteiger partial charge in [-0.05, 0) is 20.3 Å². The molecule has 1 aromatic heterocycles. The Labute approximate surface area is 84.0 Å². The van der Waals surface area contributed by atoms with Crippen LogP contribution >= 0.6 is 0 Å². The van der Waals surface area contributed by atoms with Crippen molar-refractivity contribution in [1.29, 1.82) is 0 Å². The maximum Gasteiger partial charge on any atom is 0.148 e. The minimum absolute atomic E-state index is 0.422. The quantitative estimate of drug-likeness (QED) is 0.772. The van der Waals surface area contributed by atoms with Gasteiger partial charge in [-0.25, -0.2) is 0 Å². The summed E-state index contributed by atoms with van der Waals surface area (Å²) in [5.41, 5.74) is 1.19. The van der Waals surface area contributed by atoms with Gasteiger partial charge in [0, 0.05) is 30.3 Å². The summed E-state index contributed by atoms with van der Waals surface area (Å²) >= 11 is 0. The van der Waals surface area contributed by atoms with Crippen LogP contribution in [-0.2, 0) is 4.74 Å². The van der Waals surface area contributed by atoms with Gasteiger partial charge in [-0.3, -0.25) is 5.10 Å². The van der Waals surface area contributed by atoms with Crippen molar-refractivity contribution in [3.05, 3.63) is 11.8 Å². The van der Waals surface area contributed by atoms with Crippen LogP contribution in [0.2, 0.25) is 0 Å². The molecule has 2 rings (SSSR count). The molecule has 1 fully saturated rings. The molecule has 1 aliphatic heterocycles. The first-order valence-corrected chi connectivity index (χ1v) is 5.15. The van der Waals surface area contributed by atoms with Crippen LogP contribution in [0.3, 0.4) is 0 Å². The van der Waals surface area contributed by atoms with Gasteiger partial charge in [0.05, 0.1) is 6.61 Å². The molecule has 1 unspecified atom stereocenters. The number of anilines is 1. The van der Waals surface area contributed by atoms with Crippen LogP contribution in [-0.4, -0.2) is 29.5 Å². The lowest BCUT2D eigenvalue weighted by Crippen LogP contribution is -2.09. The summed E-state index contributed by atoms with van der Waals surface area (Å²) in [6.45, 7) is 5.90. The molecule has 0 bridgehead atoms. The smallest absolute Gasteiger partial charge is 0.148 e. The number of rotatable bonds is 3. The highest BCUT2D eigenvalue weighted by atomic mass is 16.5. The van der Waals surface area contributed by atoms with Crippen molar-refractivity contribution >= 4 is 5.82 Å². The maximum absolute atomic E-state index is 5.33. The molecule has 1 aliphatic rings. The van der Waals surface area contributed by atoms with Crippen molar-refractivity contribution in [3.63, 3.8) is 0 Å². The summed E-state index contributed by atoms with van der Waals surface area (Å²) in [6, 6.07) is 2.50. The number of nitrogens with zero attached hydrogens (tertiary/aromatic N) is 1. The molecule has 2 N–H and O–H groups in total. The predicted molar refractivity (Wildman–Crippen MR) is 55.5 cm³/mol. The SMILES string of the molecule is CC(C)Nc1cc(C2CCOC2)[nH]n1. The molecule has 0 spiro atoms. The molecule has 0 radical (unpaired) electrons. The van der Waals surface area contributed by atoms with Crippen LogP contribution in [0.1, 0.15) is 31.9 Å². The van der Waals surface area contributed by atoms with Crippen molar-refractivity contribution in [3.8, 4) is 0 Å². The van der Waals surface area contributed by atoms with Crippen molar-refractivity contribution in [2.45, 2.75) is 32.2 Å². The zero-order chi connectivity index (χ0) is 9.97. The second-order valence-electron chi connectivity index (χ2n) is 4.07. The Balaban J connectivity index is 2.01. The van der Waals surface area contributed by atoms with Crippen molar-refractivity contribution in [2.24, 2.45) is 0 Å². The number of aromatic nitrogens is 2. The third-order valence-corrected chi connectivity index (χ3v) is 2.40. The Bertz CT molecular complexity index is 289. The van der Waals surface area contributed by atoms with E-state index in [0.717, 1.165) is 25.5 Å². The average Bonchev–Trinajstić information content (AvgIpc) is 2.69. The number of ether oxygens (including phenoxy) is 1. The highest BCUT2D eigenvalue weighted by Crippen LogP contribution is 2.24. The standard InChI is InChI=1S/C10H17N3O/c1-7(2)11-10-5-9(12-13-10)8-3-4-14-6-8/h5,7-8H,3-4,6H2,1-2H3,(H2,11,12,13). The molecule has 4 heteroatoms. The van der Waals surface area contributed by atoms with E-state index in [1.165, 1.54) is 5.69 Å². The summed E-state index contributed by atoms with van der Waals surface area (Å²) < 4.78 is 5.33. The minimum Gasteiger partial charge on any atom is -0.381 e. The number of nitrogens with one attached hydrogen (secondary N) is 2. The monoisotopic (exact) mass is 195 g/mol. The topological polar surface area (TPSA) is 49.9 Å². The summed E-state index contributed by atoms with van der Waals surface area (Å²) in [6.07, 6.45) is 1.10. The fourth-order valence-corrected chi connectivity index (χ4v) is 1.70. The summed E-state index contributed by atoms with van der Waals surface area (Å²) in [5.74, 6) is 1.44. The van der Waals surface area contributed by atoms with Crippen LogP contribution in [0.5, 0.6) is 0 Å². The zero-order valence-corrected chi connectivity index (χ0v) is 8.71. The zero-order valence-electron chi connectivity index (χ0n) is 8.71. The molecule has 2 heterocycles. The lowest BCUT2D eigenvalue weighted by Gasteiger charge is -2.04. The van der Waals surface area contributed by atoms with E-state index in [0.29, 0.717) is 12.0 Å². The van der Waals surface area contributed by atoms with Gasteiger partial charge in [-0.15, -0.1) is 0 Å². The van der Waals surface area contributed by atoms with E-state index < -0.39 is 0 Å². The van der Waals surface area contributed by atoms with E-state index in [-0.39, 0.29) is 0 Å². The Morgan fingerprint density at radius 1 is 1.64 bits per heavy atom. The number of aromatic amines is 1. The van der Waals surface area contributed by atoms with Gasteiger partial charge in [0.15, 0.2) is 0 Å². The molecule has 1 atom stereocenters. The fourth-order valence-electron chi connectivity index (χ4n) is 1.70. The van der Waals surface area contributed by atoms with Crippen LogP contribution < -0.4 is 5.32 Å². The third-order valence-electron chi connectivity index (χ3n) is 2.40. The molecule has 1 saturated heterocycles. The average molecular weight is 195 g/mol. The van der Waals surface area contributed by atoms with E-state index in [2.05, 4.69) is 35.4 Å². The van der Waals surface area contributed by atoms with Gasteiger partial charge >= 0.3 is 0 Å². The largest absolute Gasteiger partial charge is 0.381 e. The molecule has 78 valence electrons. The lowest BCUT2D eigenvalue weighted by atomic mass is 10.1. The van der Waals surface area contributed by atoms with Gasteiger partial charge in [0.2, 0.25) is 0 Å². The first-order chi connectivity index (χ1) is 6.75. The molecule has 0 amide bonds. The summed E-state index contributed by atoms with van der Waals surface area (Å²) in [5, 5.41) is 10.5. The van der Waals surface area contributed by atoms with E-state index in [4.69, 9.17) is 4.74 Å². The van der Waals surface area contributed by atoms with Crippen molar-refractivity contribution in [2.75, 3.05) is 18.5 Å². The predicted octanol–water partition coefficient (Wildman–Crippen LogP) is 1.73. The van der Waals surface area contributed by atoms with Gasteiger partial charge in [-0.2, -0.15) is 5.10 Å². The second-order valence-corrected chi connectivity index (χ2v) is 4.07. The van der Waals surface area contributed by atoms with Gasteiger partial charge in [0.25, 0.3) is 0 Å². The van der Waals surface area contributed by atoms with Crippen LogP contribution in [0.25, 0.3) is 0 Å². The minimum atomic E-state index is 0.422. The maximum atomic E-state index is 5.33. The molecule has 0 aliphatic carbocycles. The molecular formula is C10H17N3O. The molecule has 0 saturated carbocycles. The molecular weight excluding hydrogens is 178 g/mol. The Hall–Kier alpha value is -1.03. The van der Waals surface area contributed by atoms with Crippen LogP contribution in [0.15, 0.2) is 6.07 Å². The fraction of sp³-hybridized carbons (Fsp3) is 0.700. The molecule has 4 nitrogen and oxygen atoms in total. The number of hydrogen-bond acceptors (Lipinski definition) is 3. The molecule has 14 heavy (non-hydrogen) atoms. The van der Waals surface area contributed by atoms with Crippen LogP contribution in [0.4, 0.5) is 5.82 Å². The highest BCUT2D eigenvalue weighted by Gasteiger charge is 2.19. The summed E-state index contributed by atoms with van der Waals surface area (Å²) in [4.78, 5) is 0. The number of hydrogen-bond donors (Lipinski definition) is 2. The Morgan fingerprint density at radius 2 is 2.50 bits per heavy atom. The Morgan fingerprint density at radius 3 is 3.14 bits per heavy atom. The third kappa shape index (κ3) is 2.07. The number of H-pyrrole nitrogens is 1.